The van der Waals surface area contributed by atoms with Gasteiger partial charge in [-0.05, 0) is 43.9 Å². The van der Waals surface area contributed by atoms with Crippen LogP contribution in [0.5, 0.6) is 11.5 Å². The molecule has 3 aliphatic rings. The molecule has 0 aliphatic carbocycles. The maximum Gasteiger partial charge on any atom is 0.446 e. The normalized spacial score (nSPS) is 27.3. The largest absolute Gasteiger partial charge is 0.504 e. The molecule has 29 heteroatoms. The van der Waals surface area contributed by atoms with Crippen LogP contribution < -0.4 is 36.5 Å². The Kier molecular flexibility index (Phi) is 26.2. The molecule has 3 fully saturated rings. The van der Waals surface area contributed by atoms with Crippen molar-refractivity contribution in [1.82, 2.24) is 36.4 Å². The van der Waals surface area contributed by atoms with E-state index in [1.54, 1.807) is 0 Å². The molecule has 8 amide bonds. The van der Waals surface area contributed by atoms with Crippen molar-refractivity contribution in [3.63, 3.8) is 0 Å². The maximum atomic E-state index is 14.6. The van der Waals surface area contributed by atoms with Gasteiger partial charge in [0.1, 0.15) is 54.7 Å². The average Bonchev–Trinajstić information content (AvgIpc) is 3.93. The number of rotatable bonds is 24. The van der Waals surface area contributed by atoms with Gasteiger partial charge in [-0.1, -0.05) is 97.0 Å². The number of carbonyl (C=O) groups is 8. The Hall–Kier alpha value is -5.79. The highest BCUT2D eigenvalue weighted by molar-refractivity contribution is 7.81. The summed E-state index contributed by atoms with van der Waals surface area (Å²) in [6, 6.07) is -9.84. The monoisotopic (exact) mass is 1160 g/mol. The quantitative estimate of drug-likeness (QED) is 0.0373. The predicted octanol–water partition coefficient (Wildman–Crippen LogP) is -2.60. The number of nitrogens with zero attached hydrogens (tertiary/aromatic N) is 2. The van der Waals surface area contributed by atoms with Gasteiger partial charge in [0, 0.05) is 31.8 Å². The molecule has 3 heterocycles. The van der Waals surface area contributed by atoms with Crippen LogP contribution in [0.25, 0.3) is 0 Å². The number of aliphatic hydroxyl groups excluding tert-OH is 7. The molecular formula is C51H82N8O20S. The zero-order chi connectivity index (χ0) is 59.6. The molecule has 0 unspecified atom stereocenters. The first-order valence-electron chi connectivity index (χ1n) is 27.3. The van der Waals surface area contributed by atoms with Gasteiger partial charge in [0.15, 0.2) is 11.5 Å². The zero-order valence-corrected chi connectivity index (χ0v) is 46.2. The lowest BCUT2D eigenvalue weighted by Gasteiger charge is -2.34. The maximum absolute atomic E-state index is 14.6. The number of aromatic hydroxyl groups is 1. The minimum atomic E-state index is -5.32. The number of nitrogens with one attached hydrogen (secondary N) is 5. The van der Waals surface area contributed by atoms with E-state index in [0.29, 0.717) is 23.8 Å². The molecule has 0 saturated carbocycles. The highest BCUT2D eigenvalue weighted by Gasteiger charge is 2.50. The van der Waals surface area contributed by atoms with Crippen molar-refractivity contribution in [2.24, 2.45) is 11.7 Å². The summed E-state index contributed by atoms with van der Waals surface area (Å²) in [7, 11) is -5.32. The average molecular weight is 1160 g/mol. The highest BCUT2D eigenvalue weighted by Crippen LogP contribution is 2.33. The fraction of sp³-hybridized carbons (Fsp3) is 0.725. The second kappa shape index (κ2) is 31.4. The Morgan fingerprint density at radius 2 is 1.31 bits per heavy atom. The number of hydrogen-bond acceptors (Lipinski definition) is 19. The van der Waals surface area contributed by atoms with Gasteiger partial charge in [0.25, 0.3) is 0 Å². The lowest BCUT2D eigenvalue weighted by Crippen LogP contribution is -2.64. The van der Waals surface area contributed by atoms with Crippen LogP contribution in [0.1, 0.15) is 148 Å². The lowest BCUT2D eigenvalue weighted by atomic mass is 9.96. The number of phenolic OH excluding ortho intramolecular Hbond substituents is 1. The number of hydrogen-bond donors (Lipinski definition) is 15. The number of phenols is 1. The Labute approximate surface area is 464 Å². The second-order valence-electron chi connectivity index (χ2n) is 21.1. The van der Waals surface area contributed by atoms with Crippen molar-refractivity contribution in [3.8, 4) is 11.5 Å². The number of nitrogens with two attached hydrogens (primary N) is 1. The van der Waals surface area contributed by atoms with Crippen molar-refractivity contribution < 1.29 is 96.4 Å². The number of aliphatic hydroxyl groups is 7. The van der Waals surface area contributed by atoms with Crippen molar-refractivity contribution in [2.75, 3.05) is 13.1 Å². The van der Waals surface area contributed by atoms with Gasteiger partial charge in [-0.2, -0.15) is 8.42 Å². The topological polar surface area (TPSA) is 455 Å². The van der Waals surface area contributed by atoms with Crippen molar-refractivity contribution in [3.05, 3.63) is 23.8 Å². The van der Waals surface area contributed by atoms with Crippen LogP contribution in [0, 0.1) is 5.92 Å². The van der Waals surface area contributed by atoms with Gasteiger partial charge in [-0.25, -0.2) is 0 Å². The van der Waals surface area contributed by atoms with E-state index in [1.807, 2.05) is 0 Å². The highest BCUT2D eigenvalue weighted by atomic mass is 32.3. The van der Waals surface area contributed by atoms with E-state index in [1.165, 1.54) is 45.4 Å². The first-order chi connectivity index (χ1) is 37.6. The molecule has 1 aromatic rings. The SMILES string of the molecule is CCCCCCCCCCCCCCCC(=O)N[C@H]1CC[C@@H](O)NC(=O)[C@@H]2[C@@H](O)[C@@H](C)CN2C(=O)[C@H]([C@H](O)CC(N)=O)NC(=O)[C@H]([C@H](O)[C@@H](O)c2ccc(O)c(OS(=O)(=O)O)c2)NC(=O)[C@@H]2C[C@@H](O)CN2C(=O)[C@H]([C@@H](C)O)NC1=O. The smallest absolute Gasteiger partial charge is 0.446 e. The van der Waals surface area contributed by atoms with Crippen LogP contribution in [-0.4, -0.2) is 197 Å². The molecule has 3 aliphatic heterocycles. The van der Waals surface area contributed by atoms with Crippen molar-refractivity contribution in [1.29, 1.82) is 0 Å². The van der Waals surface area contributed by atoms with Crippen LogP contribution in [0.4, 0.5) is 0 Å². The minimum absolute atomic E-state index is 0.0265. The van der Waals surface area contributed by atoms with E-state index >= 15 is 0 Å². The summed E-state index contributed by atoms with van der Waals surface area (Å²) in [4.78, 5) is 113. The molecule has 0 spiro atoms. The molecule has 28 nitrogen and oxygen atoms in total. The zero-order valence-electron chi connectivity index (χ0n) is 45.4. The molecule has 1 aromatic carbocycles. The van der Waals surface area contributed by atoms with Crippen molar-refractivity contribution >= 4 is 57.7 Å². The first-order valence-corrected chi connectivity index (χ1v) is 28.7. The third-order valence-electron chi connectivity index (χ3n) is 14.5. The number of benzene rings is 1. The van der Waals surface area contributed by atoms with Gasteiger partial charge >= 0.3 is 10.4 Å². The van der Waals surface area contributed by atoms with Gasteiger partial charge in [-0.15, -0.1) is 0 Å². The Bertz CT molecular complexity index is 2400. The van der Waals surface area contributed by atoms with Gasteiger partial charge < -0.3 is 87.2 Å². The van der Waals surface area contributed by atoms with Gasteiger partial charge in [0.05, 0.1) is 30.8 Å². The number of carbonyl (C=O) groups excluding carboxylic acids is 8. The van der Waals surface area contributed by atoms with E-state index in [4.69, 9.17) is 5.73 Å². The fourth-order valence-electron chi connectivity index (χ4n) is 10.1. The summed E-state index contributed by atoms with van der Waals surface area (Å²) in [6.45, 7) is 3.60. The third kappa shape index (κ3) is 19.7. The summed E-state index contributed by atoms with van der Waals surface area (Å²) in [5.74, 6) is -12.5. The predicted molar refractivity (Wildman–Crippen MR) is 281 cm³/mol. The Morgan fingerprint density at radius 1 is 0.750 bits per heavy atom. The summed E-state index contributed by atoms with van der Waals surface area (Å²) in [5.41, 5.74) is 4.78. The van der Waals surface area contributed by atoms with Crippen LogP contribution in [0.3, 0.4) is 0 Å². The Balaban J connectivity index is 1.71. The van der Waals surface area contributed by atoms with Crippen molar-refractivity contribution in [2.45, 2.75) is 215 Å². The molecule has 16 N–H and O–H groups in total. The third-order valence-corrected chi connectivity index (χ3v) is 14.9. The van der Waals surface area contributed by atoms with Crippen LogP contribution in [-0.2, 0) is 48.8 Å². The Morgan fingerprint density at radius 3 is 1.89 bits per heavy atom. The number of fused-ring (bicyclic) bond motifs is 2. The number of amides is 8. The standard InChI is InChI=1S/C51H82N8O20S/c1-4-5-6-7-8-9-10-11-12-13-14-15-16-17-37(65)53-31-19-21-38(66)54-49(73)42-43(67)27(2)25-59(42)51(75)40(34(63)24-36(52)64)56-48(72)41(45(69)44(68)29-18-20-33(62)35(22-29)79-80(76,77)78)57-47(71)32-23-30(61)26-58(32)50(74)39(28(3)60)55-46(31)70/h18,20,22,27-28,30-32,34,38-45,60-63,66-69H,4-17,19,21,23-26H2,1-3H3,(H2,52,64)(H,53,65)(H,54,73)(H,55,70)(H,56,72)(H,57,71)(H,76,77,78)/t27-,28+,30+,31-,32-,34+,38+,39-,40-,41-,42-,43-,44-,45-/m0/s1. The molecule has 452 valence electrons. The first kappa shape index (κ1) is 66.7. The molecule has 0 aromatic heterocycles. The van der Waals surface area contributed by atoms with E-state index in [0.717, 1.165) is 56.1 Å². The van der Waals surface area contributed by atoms with Crippen LogP contribution >= 0.6 is 0 Å². The molecule has 0 bridgehead atoms. The molecule has 0 radical (unpaired) electrons. The van der Waals surface area contributed by atoms with Crippen LogP contribution in [0.2, 0.25) is 0 Å². The van der Waals surface area contributed by atoms with Crippen LogP contribution in [0.15, 0.2) is 18.2 Å². The van der Waals surface area contributed by atoms with Gasteiger partial charge in [-0.3, -0.25) is 42.9 Å². The minimum Gasteiger partial charge on any atom is -0.504 e. The summed E-state index contributed by atoms with van der Waals surface area (Å²) in [6.07, 6.45) is -3.03. The van der Waals surface area contributed by atoms with Gasteiger partial charge in [0.2, 0.25) is 47.3 Å². The summed E-state index contributed by atoms with van der Waals surface area (Å²) in [5, 5.41) is 101. The van der Waals surface area contributed by atoms with E-state index in [9.17, 15) is 92.2 Å². The molecule has 80 heavy (non-hydrogen) atoms. The summed E-state index contributed by atoms with van der Waals surface area (Å²) >= 11 is 0. The fourth-order valence-corrected chi connectivity index (χ4v) is 10.4. The number of primary amides is 1. The molecule has 3 saturated heterocycles. The molecule has 4 rings (SSSR count). The molecular weight excluding hydrogens is 1080 g/mol. The lowest BCUT2D eigenvalue weighted by molar-refractivity contribution is -0.149. The van der Waals surface area contributed by atoms with E-state index < -0.39 is 199 Å². The summed E-state index contributed by atoms with van der Waals surface area (Å²) < 4.78 is 36.6. The molecule has 14 atom stereocenters. The van der Waals surface area contributed by atoms with E-state index in [2.05, 4.69) is 37.7 Å². The second-order valence-corrected chi connectivity index (χ2v) is 22.1. The number of unbranched alkanes of at least 4 members (excludes halogenated alkanes) is 12. The van der Waals surface area contributed by atoms with E-state index in [-0.39, 0.29) is 6.42 Å².